The predicted molar refractivity (Wildman–Crippen MR) is 105 cm³/mol. The zero-order chi connectivity index (χ0) is 19.7. The topological polar surface area (TPSA) is 69.4 Å². The molecule has 0 fully saturated rings. The van der Waals surface area contributed by atoms with Gasteiger partial charge in [-0.2, -0.15) is 0 Å². The average molecular weight is 378 g/mol. The summed E-state index contributed by atoms with van der Waals surface area (Å²) in [5.41, 5.74) is 2.85. The standard InChI is InChI=1S/C21H22N4O3/c1-15-5-3-6-16(11-15)13-23-9-10-24-19(20(23)26)22-25(21(24)27)14-17-7-4-8-18(12-17)28-2/h3-8,11-12H,9-10,13-14H2,1-2H3. The molecule has 7 heteroatoms. The summed E-state index contributed by atoms with van der Waals surface area (Å²) in [7, 11) is 1.60. The van der Waals surface area contributed by atoms with Crippen LogP contribution in [0, 0.1) is 6.92 Å². The number of amides is 1. The van der Waals surface area contributed by atoms with E-state index in [-0.39, 0.29) is 17.4 Å². The highest BCUT2D eigenvalue weighted by atomic mass is 16.5. The fraction of sp³-hybridized carbons (Fsp3) is 0.286. The molecule has 0 spiro atoms. The first kappa shape index (κ1) is 18.0. The van der Waals surface area contributed by atoms with Crippen molar-refractivity contribution in [3.8, 4) is 5.75 Å². The molecule has 0 N–H and O–H groups in total. The third kappa shape index (κ3) is 3.43. The van der Waals surface area contributed by atoms with Crippen molar-refractivity contribution < 1.29 is 9.53 Å². The van der Waals surface area contributed by atoms with Crippen molar-refractivity contribution in [1.82, 2.24) is 19.2 Å². The van der Waals surface area contributed by atoms with E-state index in [1.54, 1.807) is 12.0 Å². The summed E-state index contributed by atoms with van der Waals surface area (Å²) < 4.78 is 8.04. The van der Waals surface area contributed by atoms with Crippen LogP contribution >= 0.6 is 0 Å². The van der Waals surface area contributed by atoms with Gasteiger partial charge in [0.1, 0.15) is 5.75 Å². The number of hydrogen-bond acceptors (Lipinski definition) is 4. The van der Waals surface area contributed by atoms with Crippen LogP contribution in [0.4, 0.5) is 0 Å². The molecule has 0 saturated carbocycles. The summed E-state index contributed by atoms with van der Waals surface area (Å²) in [6, 6.07) is 15.5. The maximum absolute atomic E-state index is 12.9. The number of nitrogens with zero attached hydrogens (tertiary/aromatic N) is 4. The second-order valence-electron chi connectivity index (χ2n) is 6.98. The molecule has 2 heterocycles. The van der Waals surface area contributed by atoms with Crippen LogP contribution in [0.25, 0.3) is 0 Å². The lowest BCUT2D eigenvalue weighted by molar-refractivity contribution is 0.0681. The van der Waals surface area contributed by atoms with Crippen LogP contribution in [0.5, 0.6) is 5.75 Å². The van der Waals surface area contributed by atoms with Crippen molar-refractivity contribution in [1.29, 1.82) is 0 Å². The highest BCUT2D eigenvalue weighted by Gasteiger charge is 2.29. The Morgan fingerprint density at radius 2 is 1.75 bits per heavy atom. The van der Waals surface area contributed by atoms with Crippen molar-refractivity contribution in [3.05, 3.63) is 81.5 Å². The minimum atomic E-state index is -0.263. The van der Waals surface area contributed by atoms with E-state index in [9.17, 15) is 9.59 Å². The molecule has 1 aliphatic heterocycles. The Labute approximate surface area is 162 Å². The third-order valence-corrected chi connectivity index (χ3v) is 4.92. The van der Waals surface area contributed by atoms with Crippen LogP contribution in [0.3, 0.4) is 0 Å². The van der Waals surface area contributed by atoms with Gasteiger partial charge in [-0.05, 0) is 30.2 Å². The fourth-order valence-corrected chi connectivity index (χ4v) is 3.49. The Morgan fingerprint density at radius 1 is 1.00 bits per heavy atom. The van der Waals surface area contributed by atoms with Crippen molar-refractivity contribution in [2.24, 2.45) is 0 Å². The number of rotatable bonds is 5. The number of aromatic nitrogens is 3. The molecule has 144 valence electrons. The lowest BCUT2D eigenvalue weighted by Crippen LogP contribution is -2.42. The molecule has 28 heavy (non-hydrogen) atoms. The van der Waals surface area contributed by atoms with Crippen LogP contribution in [0.1, 0.15) is 27.3 Å². The summed E-state index contributed by atoms with van der Waals surface area (Å²) in [6.07, 6.45) is 0. The van der Waals surface area contributed by atoms with Gasteiger partial charge < -0.3 is 9.64 Å². The smallest absolute Gasteiger partial charge is 0.346 e. The Balaban J connectivity index is 1.57. The molecule has 1 amide bonds. The monoisotopic (exact) mass is 378 g/mol. The van der Waals surface area contributed by atoms with Crippen molar-refractivity contribution in [2.75, 3.05) is 13.7 Å². The number of aryl methyl sites for hydroxylation is 1. The number of hydrogen-bond donors (Lipinski definition) is 0. The molecular formula is C21H22N4O3. The summed E-state index contributed by atoms with van der Waals surface area (Å²) >= 11 is 0. The Hall–Kier alpha value is -3.35. The molecule has 1 aliphatic rings. The molecule has 4 rings (SSSR count). The first-order valence-corrected chi connectivity index (χ1v) is 9.20. The molecular weight excluding hydrogens is 356 g/mol. The molecule has 0 bridgehead atoms. The largest absolute Gasteiger partial charge is 0.497 e. The SMILES string of the molecule is COc1cccc(Cn2nc3n(c2=O)CCN(Cc2cccc(C)c2)C3=O)c1. The average Bonchev–Trinajstić information content (AvgIpc) is 3.01. The summed E-state index contributed by atoms with van der Waals surface area (Å²) in [6.45, 7) is 3.77. The van der Waals surface area contributed by atoms with Gasteiger partial charge in [0.15, 0.2) is 0 Å². The predicted octanol–water partition coefficient (Wildman–Crippen LogP) is 2.07. The van der Waals surface area contributed by atoms with Gasteiger partial charge in [-0.15, -0.1) is 5.10 Å². The summed E-state index contributed by atoms with van der Waals surface area (Å²) in [4.78, 5) is 27.3. The van der Waals surface area contributed by atoms with Crippen molar-refractivity contribution in [2.45, 2.75) is 26.6 Å². The Kier molecular flexibility index (Phi) is 4.73. The molecule has 0 atom stereocenters. The second-order valence-corrected chi connectivity index (χ2v) is 6.98. The van der Waals surface area contributed by atoms with E-state index in [0.29, 0.717) is 26.2 Å². The van der Waals surface area contributed by atoms with Crippen molar-refractivity contribution >= 4 is 5.91 Å². The van der Waals surface area contributed by atoms with Crippen LogP contribution in [0.2, 0.25) is 0 Å². The van der Waals surface area contributed by atoms with E-state index in [4.69, 9.17) is 4.74 Å². The first-order chi connectivity index (χ1) is 13.5. The zero-order valence-electron chi connectivity index (χ0n) is 16.0. The number of carbonyl (C=O) groups is 1. The second kappa shape index (κ2) is 7.34. The zero-order valence-corrected chi connectivity index (χ0v) is 16.0. The van der Waals surface area contributed by atoms with Gasteiger partial charge in [-0.25, -0.2) is 9.48 Å². The Bertz CT molecular complexity index is 1080. The fourth-order valence-electron chi connectivity index (χ4n) is 3.49. The molecule has 0 saturated heterocycles. The van der Waals surface area contributed by atoms with E-state index in [0.717, 1.165) is 22.4 Å². The van der Waals surface area contributed by atoms with E-state index < -0.39 is 0 Å². The quantitative estimate of drug-likeness (QED) is 0.682. The highest BCUT2D eigenvalue weighted by Crippen LogP contribution is 2.16. The van der Waals surface area contributed by atoms with Crippen LogP contribution < -0.4 is 10.4 Å². The summed E-state index contributed by atoms with van der Waals surface area (Å²) in [5.74, 6) is 0.705. The maximum Gasteiger partial charge on any atom is 0.346 e. The Morgan fingerprint density at radius 3 is 2.50 bits per heavy atom. The number of benzene rings is 2. The maximum atomic E-state index is 12.9. The summed E-state index contributed by atoms with van der Waals surface area (Å²) in [5, 5.41) is 4.33. The van der Waals surface area contributed by atoms with Crippen molar-refractivity contribution in [3.63, 3.8) is 0 Å². The van der Waals surface area contributed by atoms with E-state index in [1.165, 1.54) is 9.25 Å². The van der Waals surface area contributed by atoms with Gasteiger partial charge in [0, 0.05) is 19.6 Å². The number of ether oxygens (including phenoxy) is 1. The molecule has 0 aliphatic carbocycles. The van der Waals surface area contributed by atoms with Crippen LogP contribution in [0.15, 0.2) is 53.3 Å². The molecule has 3 aromatic rings. The van der Waals surface area contributed by atoms with Crippen LogP contribution in [-0.4, -0.2) is 38.8 Å². The molecule has 7 nitrogen and oxygen atoms in total. The number of methoxy groups -OCH3 is 1. The number of fused-ring (bicyclic) bond motifs is 1. The minimum Gasteiger partial charge on any atom is -0.497 e. The van der Waals surface area contributed by atoms with Gasteiger partial charge in [0.2, 0.25) is 5.82 Å². The normalized spacial score (nSPS) is 13.5. The van der Waals surface area contributed by atoms with E-state index in [2.05, 4.69) is 11.2 Å². The van der Waals surface area contributed by atoms with Gasteiger partial charge in [-0.1, -0.05) is 42.0 Å². The lowest BCUT2D eigenvalue weighted by Gasteiger charge is -2.26. The van der Waals surface area contributed by atoms with E-state index in [1.807, 2.05) is 49.4 Å². The third-order valence-electron chi connectivity index (χ3n) is 4.92. The van der Waals surface area contributed by atoms with E-state index >= 15 is 0 Å². The van der Waals surface area contributed by atoms with Gasteiger partial charge in [-0.3, -0.25) is 9.36 Å². The van der Waals surface area contributed by atoms with Gasteiger partial charge >= 0.3 is 5.69 Å². The first-order valence-electron chi connectivity index (χ1n) is 9.20. The highest BCUT2D eigenvalue weighted by molar-refractivity contribution is 5.91. The molecule has 2 aromatic carbocycles. The molecule has 0 unspecified atom stereocenters. The number of carbonyl (C=O) groups excluding carboxylic acids is 1. The van der Waals surface area contributed by atoms with Crippen LogP contribution in [-0.2, 0) is 19.6 Å². The van der Waals surface area contributed by atoms with Gasteiger partial charge in [0.05, 0.1) is 13.7 Å². The minimum absolute atomic E-state index is 0.201. The molecule has 1 aromatic heterocycles. The van der Waals surface area contributed by atoms with Gasteiger partial charge in [0.25, 0.3) is 5.91 Å². The molecule has 0 radical (unpaired) electrons. The lowest BCUT2D eigenvalue weighted by atomic mass is 10.1.